The molecule has 1 N–H and O–H groups in total. The number of fused-ring (bicyclic) bond motifs is 1. The normalized spacial score (nSPS) is 11.2. The van der Waals surface area contributed by atoms with Crippen LogP contribution in [-0.2, 0) is 0 Å². The number of ether oxygens (including phenoxy) is 2. The fourth-order valence-electron chi connectivity index (χ4n) is 3.10. The van der Waals surface area contributed by atoms with E-state index in [1.807, 2.05) is 42.5 Å². The van der Waals surface area contributed by atoms with Crippen molar-refractivity contribution in [1.29, 1.82) is 0 Å². The van der Waals surface area contributed by atoms with E-state index in [4.69, 9.17) is 9.47 Å². The Kier molecular flexibility index (Phi) is 4.62. The zero-order valence-electron chi connectivity index (χ0n) is 15.3. The molecule has 0 atom stereocenters. The molecule has 1 aromatic heterocycles. The van der Waals surface area contributed by atoms with Crippen LogP contribution in [0.5, 0.6) is 11.5 Å². The molecule has 0 aliphatic heterocycles. The van der Waals surface area contributed by atoms with Crippen LogP contribution in [0.25, 0.3) is 34.2 Å². The molecule has 4 heteroatoms. The quantitative estimate of drug-likeness (QED) is 0.519. The van der Waals surface area contributed by atoms with Crippen molar-refractivity contribution in [2.24, 2.45) is 0 Å². The highest BCUT2D eigenvalue weighted by Gasteiger charge is 2.09. The van der Waals surface area contributed by atoms with Crippen molar-refractivity contribution >= 4 is 23.1 Å². The summed E-state index contributed by atoms with van der Waals surface area (Å²) in [5.74, 6) is 1.43. The van der Waals surface area contributed by atoms with Crippen LogP contribution in [0.3, 0.4) is 0 Å². The fourth-order valence-corrected chi connectivity index (χ4v) is 3.10. The molecule has 0 aliphatic rings. The Labute approximate surface area is 158 Å². The standard InChI is InChI=1S/C23H20N2O2/c1-26-22-13-10-18(15-23(22)27-2)17-9-11-19-20(24-25-21(19)14-17)12-8-16-6-4-3-5-7-16/h3-15H,1-2H3,(H,24,25)/b12-8+. The molecule has 3 aromatic carbocycles. The molecule has 0 saturated heterocycles. The van der Waals surface area contributed by atoms with Crippen molar-refractivity contribution in [3.63, 3.8) is 0 Å². The molecule has 0 saturated carbocycles. The van der Waals surface area contributed by atoms with Gasteiger partial charge in [-0.15, -0.1) is 0 Å². The summed E-state index contributed by atoms with van der Waals surface area (Å²) in [6.45, 7) is 0. The summed E-state index contributed by atoms with van der Waals surface area (Å²) in [5.41, 5.74) is 5.22. The van der Waals surface area contributed by atoms with E-state index in [1.165, 1.54) is 0 Å². The lowest BCUT2D eigenvalue weighted by Crippen LogP contribution is -1.90. The van der Waals surface area contributed by atoms with E-state index < -0.39 is 0 Å². The number of hydrogen-bond acceptors (Lipinski definition) is 3. The van der Waals surface area contributed by atoms with Crippen LogP contribution in [0.4, 0.5) is 0 Å². The van der Waals surface area contributed by atoms with E-state index in [9.17, 15) is 0 Å². The topological polar surface area (TPSA) is 47.1 Å². The summed E-state index contributed by atoms with van der Waals surface area (Å²) in [4.78, 5) is 0. The molecule has 0 spiro atoms. The SMILES string of the molecule is COc1ccc(-c2ccc3c(/C=C/c4ccccc4)n[nH]c3c2)cc1OC. The molecule has 134 valence electrons. The number of aromatic amines is 1. The number of aromatic nitrogens is 2. The first-order chi connectivity index (χ1) is 13.3. The lowest BCUT2D eigenvalue weighted by Gasteiger charge is -2.09. The maximum atomic E-state index is 5.41. The number of benzene rings is 3. The van der Waals surface area contributed by atoms with Gasteiger partial charge in [0.05, 0.1) is 25.4 Å². The summed E-state index contributed by atoms with van der Waals surface area (Å²) >= 11 is 0. The van der Waals surface area contributed by atoms with Crippen LogP contribution in [0.15, 0.2) is 66.7 Å². The second-order valence-electron chi connectivity index (χ2n) is 6.18. The number of hydrogen-bond donors (Lipinski definition) is 1. The predicted octanol–water partition coefficient (Wildman–Crippen LogP) is 5.42. The average Bonchev–Trinajstić information content (AvgIpc) is 3.14. The second-order valence-corrected chi connectivity index (χ2v) is 6.18. The van der Waals surface area contributed by atoms with Gasteiger partial charge >= 0.3 is 0 Å². The molecular formula is C23H20N2O2. The van der Waals surface area contributed by atoms with E-state index in [0.717, 1.165) is 39.0 Å². The number of rotatable bonds is 5. The first kappa shape index (κ1) is 16.9. The van der Waals surface area contributed by atoms with E-state index in [1.54, 1.807) is 14.2 Å². The van der Waals surface area contributed by atoms with E-state index in [-0.39, 0.29) is 0 Å². The monoisotopic (exact) mass is 356 g/mol. The number of methoxy groups -OCH3 is 2. The lowest BCUT2D eigenvalue weighted by atomic mass is 10.0. The first-order valence-electron chi connectivity index (χ1n) is 8.72. The average molecular weight is 356 g/mol. The highest BCUT2D eigenvalue weighted by molar-refractivity contribution is 5.92. The highest BCUT2D eigenvalue weighted by Crippen LogP contribution is 2.33. The number of nitrogens with zero attached hydrogens (tertiary/aromatic N) is 1. The van der Waals surface area contributed by atoms with Gasteiger partial charge in [0.25, 0.3) is 0 Å². The third-order valence-electron chi connectivity index (χ3n) is 4.54. The lowest BCUT2D eigenvalue weighted by molar-refractivity contribution is 0.355. The third-order valence-corrected chi connectivity index (χ3v) is 4.54. The first-order valence-corrected chi connectivity index (χ1v) is 8.72. The molecule has 4 rings (SSSR count). The van der Waals surface area contributed by atoms with Gasteiger partial charge in [0.1, 0.15) is 0 Å². The molecular weight excluding hydrogens is 336 g/mol. The maximum absolute atomic E-state index is 5.41. The minimum absolute atomic E-state index is 0.714. The van der Waals surface area contributed by atoms with E-state index >= 15 is 0 Å². The van der Waals surface area contributed by atoms with Crippen molar-refractivity contribution in [1.82, 2.24) is 10.2 Å². The van der Waals surface area contributed by atoms with Gasteiger partial charge in [0, 0.05) is 5.39 Å². The van der Waals surface area contributed by atoms with Crippen molar-refractivity contribution in [3.05, 3.63) is 78.0 Å². The molecule has 0 amide bonds. The Morgan fingerprint density at radius 1 is 0.778 bits per heavy atom. The largest absolute Gasteiger partial charge is 0.493 e. The molecule has 0 unspecified atom stereocenters. The minimum atomic E-state index is 0.714. The second kappa shape index (κ2) is 7.38. The molecule has 0 aliphatic carbocycles. The molecule has 1 heterocycles. The summed E-state index contributed by atoms with van der Waals surface area (Å²) in [6, 6.07) is 22.4. The molecule has 0 bridgehead atoms. The summed E-state index contributed by atoms with van der Waals surface area (Å²) in [6.07, 6.45) is 4.10. The molecule has 0 fully saturated rings. The fraction of sp³-hybridized carbons (Fsp3) is 0.0870. The maximum Gasteiger partial charge on any atom is 0.161 e. The number of nitrogens with one attached hydrogen (secondary N) is 1. The van der Waals surface area contributed by atoms with Crippen LogP contribution < -0.4 is 9.47 Å². The third kappa shape index (κ3) is 3.42. The van der Waals surface area contributed by atoms with Crippen molar-refractivity contribution < 1.29 is 9.47 Å². The summed E-state index contributed by atoms with van der Waals surface area (Å²) < 4.78 is 10.7. The predicted molar refractivity (Wildman–Crippen MR) is 110 cm³/mol. The van der Waals surface area contributed by atoms with Gasteiger partial charge in [-0.2, -0.15) is 5.10 Å². The molecule has 27 heavy (non-hydrogen) atoms. The Morgan fingerprint density at radius 2 is 1.52 bits per heavy atom. The van der Waals surface area contributed by atoms with Crippen LogP contribution >= 0.6 is 0 Å². The van der Waals surface area contributed by atoms with Crippen molar-refractivity contribution in [2.75, 3.05) is 14.2 Å². The van der Waals surface area contributed by atoms with Gasteiger partial charge in [-0.25, -0.2) is 0 Å². The van der Waals surface area contributed by atoms with Gasteiger partial charge in [-0.3, -0.25) is 5.10 Å². The Balaban J connectivity index is 1.67. The van der Waals surface area contributed by atoms with Gasteiger partial charge in [0.15, 0.2) is 11.5 Å². The summed E-state index contributed by atoms with van der Waals surface area (Å²) in [5, 5.41) is 8.67. The zero-order valence-corrected chi connectivity index (χ0v) is 15.3. The minimum Gasteiger partial charge on any atom is -0.493 e. The zero-order chi connectivity index (χ0) is 18.6. The molecule has 0 radical (unpaired) electrons. The van der Waals surface area contributed by atoms with Crippen LogP contribution in [0.2, 0.25) is 0 Å². The molecule has 4 aromatic rings. The molecule has 4 nitrogen and oxygen atoms in total. The van der Waals surface area contributed by atoms with E-state index in [2.05, 4.69) is 46.6 Å². The Morgan fingerprint density at radius 3 is 2.30 bits per heavy atom. The van der Waals surface area contributed by atoms with Gasteiger partial charge in [0.2, 0.25) is 0 Å². The number of H-pyrrole nitrogens is 1. The van der Waals surface area contributed by atoms with Gasteiger partial charge < -0.3 is 9.47 Å². The van der Waals surface area contributed by atoms with Crippen LogP contribution in [0, 0.1) is 0 Å². The van der Waals surface area contributed by atoms with Gasteiger partial charge in [-0.05, 0) is 47.0 Å². The van der Waals surface area contributed by atoms with Gasteiger partial charge in [-0.1, -0.05) is 48.5 Å². The smallest absolute Gasteiger partial charge is 0.161 e. The Bertz CT molecular complexity index is 1100. The van der Waals surface area contributed by atoms with E-state index in [0.29, 0.717) is 5.75 Å². The summed E-state index contributed by atoms with van der Waals surface area (Å²) in [7, 11) is 3.28. The van der Waals surface area contributed by atoms with Crippen molar-refractivity contribution in [2.45, 2.75) is 0 Å². The van der Waals surface area contributed by atoms with Crippen molar-refractivity contribution in [3.8, 4) is 22.6 Å². The van der Waals surface area contributed by atoms with Crippen LogP contribution in [-0.4, -0.2) is 24.4 Å². The van der Waals surface area contributed by atoms with Crippen LogP contribution in [0.1, 0.15) is 11.3 Å². The Hall–Kier alpha value is -3.53. The highest BCUT2D eigenvalue weighted by atomic mass is 16.5.